The summed E-state index contributed by atoms with van der Waals surface area (Å²) in [5.41, 5.74) is 2.62. The molecule has 0 fully saturated rings. The number of phenols is 2. The first-order valence-electron chi connectivity index (χ1n) is 15.8. The molecule has 54 heavy (non-hydrogen) atoms. The molecule has 0 aliphatic heterocycles. The van der Waals surface area contributed by atoms with Crippen LogP contribution in [0.5, 0.6) is 11.5 Å². The van der Waals surface area contributed by atoms with Crippen LogP contribution in [0, 0.1) is 13.8 Å². The number of benzene rings is 6. The molecule has 6 aromatic carbocycles. The van der Waals surface area contributed by atoms with Gasteiger partial charge in [0.2, 0.25) is 0 Å². The number of urea groups is 1. The van der Waals surface area contributed by atoms with Crippen molar-refractivity contribution in [3.63, 3.8) is 0 Å². The van der Waals surface area contributed by atoms with Gasteiger partial charge in [0.05, 0.1) is 9.79 Å². The summed E-state index contributed by atoms with van der Waals surface area (Å²) in [4.78, 5) is 38.3. The molecule has 0 saturated heterocycles. The van der Waals surface area contributed by atoms with E-state index in [1.807, 2.05) is 0 Å². The molecule has 4 amide bonds. The summed E-state index contributed by atoms with van der Waals surface area (Å²) in [6.07, 6.45) is 0. The highest BCUT2D eigenvalue weighted by atomic mass is 32.2. The lowest BCUT2D eigenvalue weighted by atomic mass is 10.1. The molecular weight excluding hydrogens is 741 g/mol. The van der Waals surface area contributed by atoms with Gasteiger partial charge in [-0.2, -0.15) is 16.8 Å². The number of aromatic hydroxyl groups is 2. The standard InChI is InChI=1S/C37H30N4O11S2/c1-19-11-21(35(44)38-25-13-23-15-27(53(47,48)49)5-7-29(23)33(42)17-25)3-9-31(19)40-37(46)41-32-10-4-22(12-20(32)2)36(45)39-26-14-24-16-28(54(50,51)52)6-8-30(24)34(43)18-26/h3-18,42-43H,1-2H3,(H,38,44)(H,39,45)(H2,40,41,46)(H,47,48,49)(H,50,51,52). The van der Waals surface area contributed by atoms with Crippen molar-refractivity contribution in [1.29, 1.82) is 0 Å². The summed E-state index contributed by atoms with van der Waals surface area (Å²) in [6.45, 7) is 3.35. The number of amides is 4. The first-order valence-corrected chi connectivity index (χ1v) is 18.6. The Morgan fingerprint density at radius 2 is 0.889 bits per heavy atom. The number of anilines is 4. The number of carbonyl (C=O) groups is 3. The number of phenolic OH excluding ortho intramolecular Hbond substituents is 2. The Morgan fingerprint density at radius 1 is 0.500 bits per heavy atom. The Hall–Kier alpha value is -6.53. The number of hydrogen-bond donors (Lipinski definition) is 8. The van der Waals surface area contributed by atoms with Crippen molar-refractivity contribution in [2.24, 2.45) is 0 Å². The molecule has 0 aliphatic carbocycles. The Labute approximate surface area is 307 Å². The Kier molecular flexibility index (Phi) is 9.74. The number of fused-ring (bicyclic) bond motifs is 2. The van der Waals surface area contributed by atoms with E-state index in [9.17, 15) is 50.5 Å². The average Bonchev–Trinajstić information content (AvgIpc) is 3.08. The Bertz CT molecular complexity index is 2600. The summed E-state index contributed by atoms with van der Waals surface area (Å²) >= 11 is 0. The highest BCUT2D eigenvalue weighted by Crippen LogP contribution is 2.33. The van der Waals surface area contributed by atoms with Crippen LogP contribution < -0.4 is 21.3 Å². The zero-order valence-electron chi connectivity index (χ0n) is 28.2. The molecular formula is C37H30N4O11S2. The number of carbonyl (C=O) groups excluding carboxylic acids is 3. The SMILES string of the molecule is Cc1cc(C(=O)Nc2cc(O)c3ccc(S(=O)(=O)O)cc3c2)ccc1NC(=O)Nc1ccc(C(=O)Nc2cc(O)c3ccc(S(=O)(=O)O)cc3c2)cc1C. The van der Waals surface area contributed by atoms with E-state index in [-0.39, 0.29) is 54.6 Å². The summed E-state index contributed by atoms with van der Waals surface area (Å²) in [5.74, 6) is -1.55. The lowest BCUT2D eigenvalue weighted by Crippen LogP contribution is -2.21. The number of aryl methyl sites for hydroxylation is 2. The summed E-state index contributed by atoms with van der Waals surface area (Å²) in [6, 6.07) is 21.2. The molecule has 0 aliphatic rings. The van der Waals surface area contributed by atoms with Crippen LogP contribution >= 0.6 is 0 Å². The van der Waals surface area contributed by atoms with Crippen LogP contribution in [0.3, 0.4) is 0 Å². The fourth-order valence-electron chi connectivity index (χ4n) is 5.69. The molecule has 6 aromatic rings. The third kappa shape index (κ3) is 8.08. The second-order valence-corrected chi connectivity index (χ2v) is 15.1. The van der Waals surface area contributed by atoms with Gasteiger partial charge in [0, 0.05) is 56.8 Å². The highest BCUT2D eigenvalue weighted by Gasteiger charge is 2.17. The van der Waals surface area contributed by atoms with Gasteiger partial charge in [-0.3, -0.25) is 18.7 Å². The van der Waals surface area contributed by atoms with Crippen molar-refractivity contribution < 1.29 is 50.5 Å². The minimum Gasteiger partial charge on any atom is -0.507 e. The highest BCUT2D eigenvalue weighted by molar-refractivity contribution is 7.86. The van der Waals surface area contributed by atoms with E-state index in [1.54, 1.807) is 13.8 Å². The minimum atomic E-state index is -4.49. The molecule has 8 N–H and O–H groups in total. The molecule has 15 nitrogen and oxygen atoms in total. The number of rotatable bonds is 8. The van der Waals surface area contributed by atoms with Crippen LogP contribution in [0.2, 0.25) is 0 Å². The quantitative estimate of drug-likeness (QED) is 0.0760. The van der Waals surface area contributed by atoms with Crippen LogP contribution in [0.4, 0.5) is 27.5 Å². The van der Waals surface area contributed by atoms with Crippen molar-refractivity contribution in [1.82, 2.24) is 0 Å². The smallest absolute Gasteiger partial charge is 0.323 e. The van der Waals surface area contributed by atoms with E-state index in [0.717, 1.165) is 24.3 Å². The van der Waals surface area contributed by atoms with Crippen LogP contribution in [0.25, 0.3) is 21.5 Å². The van der Waals surface area contributed by atoms with Gasteiger partial charge >= 0.3 is 6.03 Å². The van der Waals surface area contributed by atoms with Gasteiger partial charge in [0.1, 0.15) is 11.5 Å². The summed E-state index contributed by atoms with van der Waals surface area (Å²) < 4.78 is 64.9. The normalized spacial score (nSPS) is 11.6. The van der Waals surface area contributed by atoms with Gasteiger partial charge in [-0.25, -0.2) is 4.79 Å². The van der Waals surface area contributed by atoms with Gasteiger partial charge in [0.25, 0.3) is 32.1 Å². The molecule has 0 unspecified atom stereocenters. The third-order valence-corrected chi connectivity index (χ3v) is 10.1. The van der Waals surface area contributed by atoms with Crippen LogP contribution in [0.15, 0.2) is 107 Å². The fraction of sp³-hybridized carbons (Fsp3) is 0.0541. The van der Waals surface area contributed by atoms with Crippen LogP contribution in [0.1, 0.15) is 31.8 Å². The van der Waals surface area contributed by atoms with Crippen LogP contribution in [-0.2, 0) is 20.2 Å². The van der Waals surface area contributed by atoms with Crippen molar-refractivity contribution in [3.05, 3.63) is 119 Å². The second-order valence-electron chi connectivity index (χ2n) is 12.3. The van der Waals surface area contributed by atoms with Crippen molar-refractivity contribution in [2.45, 2.75) is 23.6 Å². The van der Waals surface area contributed by atoms with Gasteiger partial charge in [-0.1, -0.05) is 0 Å². The van der Waals surface area contributed by atoms with E-state index in [0.29, 0.717) is 33.3 Å². The van der Waals surface area contributed by atoms with E-state index >= 15 is 0 Å². The van der Waals surface area contributed by atoms with Gasteiger partial charge in [-0.05, 0) is 121 Å². The zero-order valence-corrected chi connectivity index (χ0v) is 29.8. The molecule has 0 bridgehead atoms. The van der Waals surface area contributed by atoms with Crippen molar-refractivity contribution in [2.75, 3.05) is 21.3 Å². The maximum absolute atomic E-state index is 13.0. The lowest BCUT2D eigenvalue weighted by Gasteiger charge is -2.14. The first kappa shape index (κ1) is 37.2. The Balaban J connectivity index is 1.10. The molecule has 0 heterocycles. The lowest BCUT2D eigenvalue weighted by molar-refractivity contribution is 0.101. The third-order valence-electron chi connectivity index (χ3n) is 8.39. The number of hydrogen-bond acceptors (Lipinski definition) is 9. The minimum absolute atomic E-state index is 0.167. The van der Waals surface area contributed by atoms with Gasteiger partial charge in [0.15, 0.2) is 0 Å². The topological polar surface area (TPSA) is 249 Å². The molecule has 276 valence electrons. The average molecular weight is 771 g/mol. The molecule has 0 atom stereocenters. The maximum Gasteiger partial charge on any atom is 0.323 e. The van der Waals surface area contributed by atoms with Crippen molar-refractivity contribution in [3.8, 4) is 11.5 Å². The summed E-state index contributed by atoms with van der Waals surface area (Å²) in [5, 5.41) is 32.7. The Morgan fingerprint density at radius 3 is 1.24 bits per heavy atom. The maximum atomic E-state index is 13.0. The van der Waals surface area contributed by atoms with E-state index in [4.69, 9.17) is 0 Å². The van der Waals surface area contributed by atoms with Crippen LogP contribution in [-0.4, -0.2) is 54.0 Å². The molecule has 0 radical (unpaired) electrons. The first-order chi connectivity index (χ1) is 25.3. The zero-order chi connectivity index (χ0) is 39.1. The van der Waals surface area contributed by atoms with Crippen molar-refractivity contribution >= 4 is 82.4 Å². The van der Waals surface area contributed by atoms with E-state index in [1.165, 1.54) is 72.8 Å². The van der Waals surface area contributed by atoms with Gasteiger partial charge in [-0.15, -0.1) is 0 Å². The van der Waals surface area contributed by atoms with E-state index < -0.39 is 38.1 Å². The predicted octanol–water partition coefficient (Wildman–Crippen LogP) is 6.66. The van der Waals surface area contributed by atoms with Gasteiger partial charge < -0.3 is 31.5 Å². The molecule has 0 aromatic heterocycles. The molecule has 0 saturated carbocycles. The predicted molar refractivity (Wildman–Crippen MR) is 202 cm³/mol. The summed E-state index contributed by atoms with van der Waals surface area (Å²) in [7, 11) is -8.98. The second kappa shape index (κ2) is 14.1. The molecule has 0 spiro atoms. The van der Waals surface area contributed by atoms with E-state index in [2.05, 4.69) is 21.3 Å². The fourth-order valence-corrected chi connectivity index (χ4v) is 6.73. The largest absolute Gasteiger partial charge is 0.507 e. The molecule has 17 heteroatoms. The molecule has 6 rings (SSSR count). The monoisotopic (exact) mass is 770 g/mol. The number of nitrogens with one attached hydrogen (secondary N) is 4.